The van der Waals surface area contributed by atoms with Gasteiger partial charge in [0.1, 0.15) is 11.6 Å². The Morgan fingerprint density at radius 2 is 1.81 bits per heavy atom. The fourth-order valence-corrected chi connectivity index (χ4v) is 1.90. The van der Waals surface area contributed by atoms with Gasteiger partial charge in [0.15, 0.2) is 0 Å². The number of benzene rings is 2. The number of halogens is 3. The predicted octanol–water partition coefficient (Wildman–Crippen LogP) is 4.51. The topological polar surface area (TPSA) is 20.2 Å². The maximum absolute atomic E-state index is 13.6. The molecule has 0 aliphatic rings. The molecule has 0 saturated heterocycles. The predicted molar refractivity (Wildman–Crippen MR) is 63.5 cm³/mol. The van der Waals surface area contributed by atoms with E-state index in [0.29, 0.717) is 10.6 Å². The monoisotopic (exact) mass is 256 g/mol. The van der Waals surface area contributed by atoms with E-state index in [1.165, 1.54) is 24.3 Å². The van der Waals surface area contributed by atoms with Crippen molar-refractivity contribution in [1.29, 1.82) is 0 Å². The Hall–Kier alpha value is -1.25. The maximum atomic E-state index is 13.6. The van der Waals surface area contributed by atoms with Crippen molar-refractivity contribution < 1.29 is 9.50 Å². The first-order chi connectivity index (χ1) is 7.59. The number of aromatic hydroxyl groups is 1. The summed E-state index contributed by atoms with van der Waals surface area (Å²) in [6.07, 6.45) is 0. The Bertz CT molecular complexity index is 520. The van der Waals surface area contributed by atoms with Gasteiger partial charge in [0, 0.05) is 16.1 Å². The molecular weight excluding hydrogens is 250 g/mol. The van der Waals surface area contributed by atoms with Crippen LogP contribution in [-0.4, -0.2) is 5.11 Å². The highest BCUT2D eigenvalue weighted by Crippen LogP contribution is 2.37. The first-order valence-corrected chi connectivity index (χ1v) is 5.28. The molecule has 16 heavy (non-hydrogen) atoms. The molecule has 0 atom stereocenters. The summed E-state index contributed by atoms with van der Waals surface area (Å²) in [5, 5.41) is 10.3. The number of hydrogen-bond donors (Lipinski definition) is 1. The molecule has 4 heteroatoms. The first kappa shape index (κ1) is 11.2. The van der Waals surface area contributed by atoms with Crippen molar-refractivity contribution >= 4 is 23.2 Å². The van der Waals surface area contributed by atoms with Crippen molar-refractivity contribution in [3.63, 3.8) is 0 Å². The summed E-state index contributed by atoms with van der Waals surface area (Å²) >= 11 is 11.6. The summed E-state index contributed by atoms with van der Waals surface area (Å²) in [5.41, 5.74) is 0.505. The lowest BCUT2D eigenvalue weighted by atomic mass is 10.0. The zero-order chi connectivity index (χ0) is 11.7. The summed E-state index contributed by atoms with van der Waals surface area (Å²) in [6, 6.07) is 8.80. The van der Waals surface area contributed by atoms with E-state index in [4.69, 9.17) is 23.2 Å². The van der Waals surface area contributed by atoms with E-state index in [1.54, 1.807) is 12.1 Å². The third-order valence-electron chi connectivity index (χ3n) is 2.19. The summed E-state index contributed by atoms with van der Waals surface area (Å²) in [4.78, 5) is 0. The average molecular weight is 257 g/mol. The van der Waals surface area contributed by atoms with E-state index >= 15 is 0 Å². The smallest absolute Gasteiger partial charge is 0.132 e. The molecule has 82 valence electrons. The molecule has 0 bridgehead atoms. The largest absolute Gasteiger partial charge is 0.507 e. The van der Waals surface area contributed by atoms with Crippen molar-refractivity contribution in [3.05, 3.63) is 52.3 Å². The van der Waals surface area contributed by atoms with E-state index in [1.807, 2.05) is 0 Å². The number of hydrogen-bond acceptors (Lipinski definition) is 1. The van der Waals surface area contributed by atoms with Crippen LogP contribution < -0.4 is 0 Å². The van der Waals surface area contributed by atoms with Crippen LogP contribution in [0.25, 0.3) is 11.1 Å². The molecule has 2 rings (SSSR count). The SMILES string of the molecule is Oc1cc(Cl)ccc1-c1c(F)cccc1Cl. The van der Waals surface area contributed by atoms with Crippen molar-refractivity contribution in [2.24, 2.45) is 0 Å². The standard InChI is InChI=1S/C12H7Cl2FO/c13-7-4-5-8(11(16)6-7)12-9(14)2-1-3-10(12)15/h1-6,16H. The van der Waals surface area contributed by atoms with Gasteiger partial charge in [-0.05, 0) is 30.3 Å². The van der Waals surface area contributed by atoms with Gasteiger partial charge in [0.25, 0.3) is 0 Å². The molecule has 0 unspecified atom stereocenters. The first-order valence-electron chi connectivity index (χ1n) is 4.52. The number of rotatable bonds is 1. The Morgan fingerprint density at radius 3 is 2.44 bits per heavy atom. The zero-order valence-electron chi connectivity index (χ0n) is 8.05. The third kappa shape index (κ3) is 1.99. The molecule has 2 aromatic rings. The Morgan fingerprint density at radius 1 is 1.06 bits per heavy atom. The highest BCUT2D eigenvalue weighted by molar-refractivity contribution is 6.33. The van der Waals surface area contributed by atoms with Gasteiger partial charge in [-0.1, -0.05) is 29.3 Å². The molecule has 0 aliphatic heterocycles. The molecule has 0 aliphatic carbocycles. The van der Waals surface area contributed by atoms with Gasteiger partial charge >= 0.3 is 0 Å². The van der Waals surface area contributed by atoms with Gasteiger partial charge in [-0.15, -0.1) is 0 Å². The van der Waals surface area contributed by atoms with Crippen LogP contribution in [0.3, 0.4) is 0 Å². The minimum Gasteiger partial charge on any atom is -0.507 e. The van der Waals surface area contributed by atoms with Crippen LogP contribution in [0.2, 0.25) is 10.0 Å². The molecule has 2 aromatic carbocycles. The second-order valence-corrected chi connectivity index (χ2v) is 4.10. The lowest BCUT2D eigenvalue weighted by Crippen LogP contribution is -1.86. The molecule has 0 radical (unpaired) electrons. The van der Waals surface area contributed by atoms with E-state index in [9.17, 15) is 9.50 Å². The summed E-state index contributed by atoms with van der Waals surface area (Å²) < 4.78 is 13.6. The lowest BCUT2D eigenvalue weighted by molar-refractivity contribution is 0.477. The second kappa shape index (κ2) is 4.32. The third-order valence-corrected chi connectivity index (χ3v) is 2.74. The maximum Gasteiger partial charge on any atom is 0.132 e. The molecule has 1 nitrogen and oxygen atoms in total. The quantitative estimate of drug-likeness (QED) is 0.797. The van der Waals surface area contributed by atoms with E-state index in [2.05, 4.69) is 0 Å². The molecular formula is C12H7Cl2FO. The van der Waals surface area contributed by atoms with Crippen molar-refractivity contribution in [1.82, 2.24) is 0 Å². The van der Waals surface area contributed by atoms with Crippen LogP contribution in [0.4, 0.5) is 4.39 Å². The van der Waals surface area contributed by atoms with Crippen LogP contribution >= 0.6 is 23.2 Å². The van der Waals surface area contributed by atoms with E-state index < -0.39 is 5.82 Å². The summed E-state index contributed by atoms with van der Waals surface area (Å²) in [7, 11) is 0. The fraction of sp³-hybridized carbons (Fsp3) is 0. The lowest BCUT2D eigenvalue weighted by Gasteiger charge is -2.08. The normalized spacial score (nSPS) is 10.4. The van der Waals surface area contributed by atoms with Crippen molar-refractivity contribution in [3.8, 4) is 16.9 Å². The zero-order valence-corrected chi connectivity index (χ0v) is 9.56. The Labute approximate surface area is 102 Å². The molecule has 0 heterocycles. The van der Waals surface area contributed by atoms with Gasteiger partial charge in [-0.2, -0.15) is 0 Å². The van der Waals surface area contributed by atoms with Gasteiger partial charge < -0.3 is 5.11 Å². The van der Waals surface area contributed by atoms with Crippen LogP contribution in [0.5, 0.6) is 5.75 Å². The van der Waals surface area contributed by atoms with Crippen LogP contribution in [-0.2, 0) is 0 Å². The fourth-order valence-electron chi connectivity index (χ4n) is 1.47. The molecule has 0 spiro atoms. The summed E-state index contributed by atoms with van der Waals surface area (Å²) in [6.45, 7) is 0. The molecule has 0 saturated carbocycles. The molecule has 1 N–H and O–H groups in total. The van der Waals surface area contributed by atoms with Crippen LogP contribution in [0.15, 0.2) is 36.4 Å². The van der Waals surface area contributed by atoms with Crippen LogP contribution in [0.1, 0.15) is 0 Å². The Kier molecular flexibility index (Phi) is 3.03. The van der Waals surface area contributed by atoms with Gasteiger partial charge in [0.2, 0.25) is 0 Å². The number of phenolic OH excluding ortho intramolecular Hbond substituents is 1. The second-order valence-electron chi connectivity index (χ2n) is 3.26. The van der Waals surface area contributed by atoms with Gasteiger partial charge in [-0.25, -0.2) is 4.39 Å². The minimum atomic E-state index is -0.481. The molecule has 0 fully saturated rings. The Balaban J connectivity index is 2.68. The van der Waals surface area contributed by atoms with Crippen LogP contribution in [0, 0.1) is 5.82 Å². The van der Waals surface area contributed by atoms with Crippen molar-refractivity contribution in [2.75, 3.05) is 0 Å². The van der Waals surface area contributed by atoms with E-state index in [-0.39, 0.29) is 16.3 Å². The molecule has 0 amide bonds. The average Bonchev–Trinajstić information content (AvgIpc) is 2.20. The van der Waals surface area contributed by atoms with Crippen molar-refractivity contribution in [2.45, 2.75) is 0 Å². The number of phenols is 1. The van der Waals surface area contributed by atoms with Gasteiger partial charge in [-0.3, -0.25) is 0 Å². The minimum absolute atomic E-state index is 0.0977. The summed E-state index contributed by atoms with van der Waals surface area (Å²) in [5.74, 6) is -0.579. The molecule has 0 aromatic heterocycles. The van der Waals surface area contributed by atoms with Gasteiger partial charge in [0.05, 0.1) is 5.02 Å². The highest BCUT2D eigenvalue weighted by Gasteiger charge is 2.13. The highest BCUT2D eigenvalue weighted by atomic mass is 35.5. The van der Waals surface area contributed by atoms with E-state index in [0.717, 1.165) is 0 Å².